The van der Waals surface area contributed by atoms with E-state index < -0.39 is 0 Å². The van der Waals surface area contributed by atoms with E-state index in [9.17, 15) is 0 Å². The van der Waals surface area contributed by atoms with E-state index in [0.29, 0.717) is 11.5 Å². The molecule has 2 N–H and O–H groups in total. The van der Waals surface area contributed by atoms with Crippen LogP contribution in [0.1, 0.15) is 0 Å². The van der Waals surface area contributed by atoms with E-state index in [0.717, 1.165) is 66.7 Å². The van der Waals surface area contributed by atoms with Gasteiger partial charge in [-0.1, -0.05) is 30.3 Å². The van der Waals surface area contributed by atoms with Crippen molar-refractivity contribution in [2.75, 3.05) is 0 Å². The Kier molecular flexibility index (Phi) is 4.96. The fourth-order valence-electron chi connectivity index (χ4n) is 5.31. The summed E-state index contributed by atoms with van der Waals surface area (Å²) in [5, 5.41) is 4.03. The van der Waals surface area contributed by atoms with Crippen molar-refractivity contribution in [1.29, 1.82) is 0 Å². The third-order valence-electron chi connectivity index (χ3n) is 7.06. The zero-order chi connectivity index (χ0) is 26.5. The maximum atomic E-state index is 5.17. The van der Waals surface area contributed by atoms with E-state index in [1.165, 1.54) is 0 Å². The minimum Gasteiger partial charge on any atom is -0.353 e. The molecule has 8 aromatic rings. The molecule has 0 aliphatic rings. The molecule has 0 bridgehead atoms. The van der Waals surface area contributed by atoms with Gasteiger partial charge < -0.3 is 9.97 Å². The minimum atomic E-state index is 0.524. The largest absolute Gasteiger partial charge is 0.353 e. The predicted octanol–water partition coefficient (Wildman–Crippen LogP) is 6.84. The standard InChI is InChI=1S/C32H20N8/c1-2-9-21-19(7-1)11-16-34-28(21)25-18-23-27(30(39-25)32-36-14-6-15-37-32)26(22-10-3-4-12-33-22)29(38-23)24-17-20-8-5-13-35-31(20)40-24/h1-18,38H,(H,35,40). The Morgan fingerprint density at radius 3 is 2.25 bits per heavy atom. The van der Waals surface area contributed by atoms with Gasteiger partial charge in [-0.2, -0.15) is 0 Å². The van der Waals surface area contributed by atoms with Crippen LogP contribution in [0.3, 0.4) is 0 Å². The molecule has 188 valence electrons. The van der Waals surface area contributed by atoms with Crippen LogP contribution in [-0.2, 0) is 0 Å². The number of hydrogen-bond acceptors (Lipinski definition) is 6. The molecule has 0 amide bonds. The molecule has 0 aliphatic heterocycles. The van der Waals surface area contributed by atoms with Gasteiger partial charge in [0.1, 0.15) is 11.3 Å². The van der Waals surface area contributed by atoms with Crippen molar-refractivity contribution >= 4 is 32.7 Å². The summed E-state index contributed by atoms with van der Waals surface area (Å²) < 4.78 is 0. The molecule has 0 unspecified atom stereocenters. The Labute approximate surface area is 227 Å². The topological polar surface area (TPSA) is 109 Å². The fraction of sp³-hybridized carbons (Fsp3) is 0. The lowest BCUT2D eigenvalue weighted by Crippen LogP contribution is -1.97. The van der Waals surface area contributed by atoms with E-state index in [1.807, 2.05) is 60.8 Å². The lowest BCUT2D eigenvalue weighted by atomic mass is 10.0. The number of fused-ring (bicyclic) bond motifs is 3. The first-order chi connectivity index (χ1) is 19.8. The minimum absolute atomic E-state index is 0.524. The number of aromatic nitrogens is 8. The molecule has 0 saturated carbocycles. The number of pyridine rings is 4. The highest BCUT2D eigenvalue weighted by atomic mass is 14.9. The molecule has 8 rings (SSSR count). The van der Waals surface area contributed by atoms with Crippen molar-refractivity contribution in [2.45, 2.75) is 0 Å². The molecule has 0 radical (unpaired) electrons. The molecule has 0 atom stereocenters. The molecule has 7 aromatic heterocycles. The first kappa shape index (κ1) is 22.2. The van der Waals surface area contributed by atoms with Gasteiger partial charge in [0.25, 0.3) is 0 Å². The summed E-state index contributed by atoms with van der Waals surface area (Å²) in [4.78, 5) is 35.5. The van der Waals surface area contributed by atoms with Crippen LogP contribution in [0.25, 0.3) is 78.3 Å². The first-order valence-electron chi connectivity index (χ1n) is 12.9. The van der Waals surface area contributed by atoms with E-state index in [1.54, 1.807) is 30.9 Å². The van der Waals surface area contributed by atoms with Crippen LogP contribution in [0.15, 0.2) is 110 Å². The third kappa shape index (κ3) is 3.54. The molecule has 0 aliphatic carbocycles. The van der Waals surface area contributed by atoms with Gasteiger partial charge in [-0.15, -0.1) is 0 Å². The van der Waals surface area contributed by atoms with Crippen LogP contribution in [0, 0.1) is 0 Å². The maximum absolute atomic E-state index is 5.17. The molecular weight excluding hydrogens is 496 g/mol. The Bertz CT molecular complexity index is 2130. The van der Waals surface area contributed by atoms with Gasteiger partial charge in [-0.25, -0.2) is 19.9 Å². The van der Waals surface area contributed by atoms with Crippen LogP contribution < -0.4 is 0 Å². The summed E-state index contributed by atoms with van der Waals surface area (Å²) in [6.07, 6.45) is 8.86. The van der Waals surface area contributed by atoms with Crippen LogP contribution in [0.5, 0.6) is 0 Å². The van der Waals surface area contributed by atoms with Crippen molar-refractivity contribution < 1.29 is 0 Å². The van der Waals surface area contributed by atoms with Crippen LogP contribution >= 0.6 is 0 Å². The van der Waals surface area contributed by atoms with Crippen molar-refractivity contribution in [1.82, 2.24) is 39.9 Å². The normalized spacial score (nSPS) is 11.5. The zero-order valence-corrected chi connectivity index (χ0v) is 21.1. The van der Waals surface area contributed by atoms with Gasteiger partial charge in [-0.3, -0.25) is 9.97 Å². The highest BCUT2D eigenvalue weighted by Crippen LogP contribution is 2.42. The molecule has 0 saturated heterocycles. The Balaban J connectivity index is 1.49. The third-order valence-corrected chi connectivity index (χ3v) is 7.06. The van der Waals surface area contributed by atoms with Gasteiger partial charge in [0.05, 0.1) is 34.0 Å². The number of nitrogens with one attached hydrogen (secondary N) is 2. The summed E-state index contributed by atoms with van der Waals surface area (Å²) in [5.41, 5.74) is 7.37. The molecule has 7 heterocycles. The van der Waals surface area contributed by atoms with Gasteiger partial charge in [0.15, 0.2) is 5.82 Å². The van der Waals surface area contributed by atoms with Crippen LogP contribution in [0.2, 0.25) is 0 Å². The molecule has 1 aromatic carbocycles. The van der Waals surface area contributed by atoms with E-state index in [2.05, 4.69) is 43.1 Å². The molecule has 0 fully saturated rings. The average Bonchev–Trinajstić information content (AvgIpc) is 3.63. The second kappa shape index (κ2) is 8.92. The quantitative estimate of drug-likeness (QED) is 0.265. The molecular formula is C32H20N8. The summed E-state index contributed by atoms with van der Waals surface area (Å²) in [6.45, 7) is 0. The predicted molar refractivity (Wildman–Crippen MR) is 156 cm³/mol. The summed E-state index contributed by atoms with van der Waals surface area (Å²) in [6, 6.07) is 26.0. The number of nitrogens with zero attached hydrogens (tertiary/aromatic N) is 6. The van der Waals surface area contributed by atoms with Crippen LogP contribution in [0.4, 0.5) is 0 Å². The maximum Gasteiger partial charge on any atom is 0.178 e. The zero-order valence-electron chi connectivity index (χ0n) is 21.1. The molecule has 0 spiro atoms. The van der Waals surface area contributed by atoms with Crippen molar-refractivity contribution in [3.63, 3.8) is 0 Å². The lowest BCUT2D eigenvalue weighted by molar-refractivity contribution is 1.15. The van der Waals surface area contributed by atoms with Gasteiger partial charge in [0, 0.05) is 52.7 Å². The van der Waals surface area contributed by atoms with Gasteiger partial charge in [0.2, 0.25) is 0 Å². The summed E-state index contributed by atoms with van der Waals surface area (Å²) in [5.74, 6) is 0.524. The van der Waals surface area contributed by atoms with Crippen molar-refractivity contribution in [3.05, 3.63) is 110 Å². The number of hydrogen-bond donors (Lipinski definition) is 2. The average molecular weight is 517 g/mol. The summed E-state index contributed by atoms with van der Waals surface area (Å²) in [7, 11) is 0. The fourth-order valence-corrected chi connectivity index (χ4v) is 5.31. The second-order valence-electron chi connectivity index (χ2n) is 9.45. The van der Waals surface area contributed by atoms with Gasteiger partial charge in [-0.05, 0) is 53.9 Å². The highest BCUT2D eigenvalue weighted by Gasteiger charge is 2.24. The number of rotatable bonds is 4. The van der Waals surface area contributed by atoms with E-state index >= 15 is 0 Å². The second-order valence-corrected chi connectivity index (χ2v) is 9.45. The highest BCUT2D eigenvalue weighted by molar-refractivity contribution is 6.10. The summed E-state index contributed by atoms with van der Waals surface area (Å²) >= 11 is 0. The first-order valence-corrected chi connectivity index (χ1v) is 12.9. The smallest absolute Gasteiger partial charge is 0.178 e. The Morgan fingerprint density at radius 2 is 1.38 bits per heavy atom. The SMILES string of the molecule is c1ccc(-c2c(-c3cc4cccnc4[nH]3)[nH]c3cc(-c4nccc5ccccc45)nc(-c4ncccn4)c23)nc1. The molecule has 8 heteroatoms. The molecule has 40 heavy (non-hydrogen) atoms. The Morgan fingerprint density at radius 1 is 0.550 bits per heavy atom. The monoisotopic (exact) mass is 516 g/mol. The van der Waals surface area contributed by atoms with Crippen molar-refractivity contribution in [2.24, 2.45) is 0 Å². The Hall–Kier alpha value is -5.76. The lowest BCUT2D eigenvalue weighted by Gasteiger charge is -2.10. The van der Waals surface area contributed by atoms with Crippen LogP contribution in [-0.4, -0.2) is 39.9 Å². The number of benzene rings is 1. The molecule has 8 nitrogen and oxygen atoms in total. The number of aromatic amines is 2. The number of H-pyrrole nitrogens is 2. The van der Waals surface area contributed by atoms with E-state index in [4.69, 9.17) is 15.0 Å². The van der Waals surface area contributed by atoms with E-state index in [-0.39, 0.29) is 0 Å². The van der Waals surface area contributed by atoms with Gasteiger partial charge >= 0.3 is 0 Å². The van der Waals surface area contributed by atoms with Crippen molar-refractivity contribution in [3.8, 4) is 45.6 Å².